The van der Waals surface area contributed by atoms with Crippen LogP contribution in [-0.2, 0) is 6.54 Å². The molecule has 1 aliphatic heterocycles. The zero-order valence-corrected chi connectivity index (χ0v) is 11.2. The molecule has 1 fully saturated rings. The van der Waals surface area contributed by atoms with E-state index in [1.165, 1.54) is 24.8 Å². The molecule has 0 saturated carbocycles. The number of ether oxygens (including phenoxy) is 1. The van der Waals surface area contributed by atoms with Gasteiger partial charge in [0, 0.05) is 12.6 Å². The molecule has 1 aliphatic rings. The zero-order chi connectivity index (χ0) is 12.6. The van der Waals surface area contributed by atoms with Crippen LogP contribution < -0.4 is 15.4 Å². The predicted octanol–water partition coefficient (Wildman–Crippen LogP) is 2.32. The molecule has 1 aromatic rings. The fourth-order valence-electron chi connectivity index (χ4n) is 2.40. The third-order valence-electron chi connectivity index (χ3n) is 3.38. The van der Waals surface area contributed by atoms with Gasteiger partial charge in [-0.1, -0.05) is 12.1 Å². The molecule has 2 N–H and O–H groups in total. The third kappa shape index (κ3) is 4.31. The van der Waals surface area contributed by atoms with E-state index in [1.807, 2.05) is 13.0 Å². The molecule has 2 rings (SSSR count). The molecule has 3 heteroatoms. The Labute approximate surface area is 110 Å². The van der Waals surface area contributed by atoms with Crippen molar-refractivity contribution in [3.63, 3.8) is 0 Å². The Hall–Kier alpha value is -1.06. The maximum atomic E-state index is 5.52. The first-order chi connectivity index (χ1) is 8.88. The Kier molecular flexibility index (Phi) is 5.49. The Morgan fingerprint density at radius 2 is 2.28 bits per heavy atom. The van der Waals surface area contributed by atoms with Crippen LogP contribution in [0, 0.1) is 0 Å². The maximum absolute atomic E-state index is 5.52. The average molecular weight is 248 g/mol. The van der Waals surface area contributed by atoms with E-state index < -0.39 is 0 Å². The van der Waals surface area contributed by atoms with Crippen molar-refractivity contribution in [1.82, 2.24) is 10.6 Å². The van der Waals surface area contributed by atoms with Gasteiger partial charge in [-0.25, -0.2) is 0 Å². The average Bonchev–Trinajstić information content (AvgIpc) is 2.66. The van der Waals surface area contributed by atoms with Crippen LogP contribution in [0.5, 0.6) is 5.75 Å². The first kappa shape index (κ1) is 13.4. The lowest BCUT2D eigenvalue weighted by Gasteiger charge is -2.16. The summed E-state index contributed by atoms with van der Waals surface area (Å²) in [5.41, 5.74) is 1.30. The molecule has 18 heavy (non-hydrogen) atoms. The molecule has 0 aromatic heterocycles. The highest BCUT2D eigenvalue weighted by molar-refractivity contribution is 5.28. The monoisotopic (exact) mass is 248 g/mol. The minimum absolute atomic E-state index is 0.649. The summed E-state index contributed by atoms with van der Waals surface area (Å²) >= 11 is 0. The second kappa shape index (κ2) is 7.39. The molecule has 100 valence electrons. The normalized spacial score (nSPS) is 20.4. The zero-order valence-electron chi connectivity index (χ0n) is 11.2. The summed E-state index contributed by atoms with van der Waals surface area (Å²) in [6.07, 6.45) is 3.78. The molecular formula is C15H24N2O. The number of nitrogens with one attached hydrogen (secondary N) is 2. The van der Waals surface area contributed by atoms with Gasteiger partial charge in [-0.2, -0.15) is 0 Å². The van der Waals surface area contributed by atoms with Crippen molar-refractivity contribution in [2.24, 2.45) is 0 Å². The van der Waals surface area contributed by atoms with Gasteiger partial charge in [-0.15, -0.1) is 0 Å². The first-order valence-electron chi connectivity index (χ1n) is 7.04. The minimum Gasteiger partial charge on any atom is -0.494 e. The van der Waals surface area contributed by atoms with Crippen molar-refractivity contribution in [3.8, 4) is 5.75 Å². The van der Waals surface area contributed by atoms with Crippen molar-refractivity contribution in [2.75, 3.05) is 19.7 Å². The van der Waals surface area contributed by atoms with E-state index in [4.69, 9.17) is 4.74 Å². The van der Waals surface area contributed by atoms with E-state index in [-0.39, 0.29) is 0 Å². The van der Waals surface area contributed by atoms with Crippen LogP contribution in [0.3, 0.4) is 0 Å². The number of hydrogen-bond donors (Lipinski definition) is 2. The summed E-state index contributed by atoms with van der Waals surface area (Å²) in [6, 6.07) is 9.02. The van der Waals surface area contributed by atoms with Crippen LogP contribution in [0.25, 0.3) is 0 Å². The molecular weight excluding hydrogens is 224 g/mol. The van der Waals surface area contributed by atoms with E-state index in [0.717, 1.165) is 32.0 Å². The van der Waals surface area contributed by atoms with Crippen LogP contribution >= 0.6 is 0 Å². The molecule has 0 spiro atoms. The van der Waals surface area contributed by atoms with Crippen LogP contribution in [0.1, 0.15) is 31.7 Å². The van der Waals surface area contributed by atoms with Crippen molar-refractivity contribution in [3.05, 3.63) is 29.8 Å². The van der Waals surface area contributed by atoms with E-state index in [1.54, 1.807) is 0 Å². The minimum atomic E-state index is 0.649. The molecule has 1 heterocycles. The molecule has 1 unspecified atom stereocenters. The predicted molar refractivity (Wildman–Crippen MR) is 75.0 cm³/mol. The molecule has 0 radical (unpaired) electrons. The van der Waals surface area contributed by atoms with Crippen LogP contribution in [0.2, 0.25) is 0 Å². The topological polar surface area (TPSA) is 33.3 Å². The van der Waals surface area contributed by atoms with E-state index >= 15 is 0 Å². The van der Waals surface area contributed by atoms with E-state index in [0.29, 0.717) is 6.04 Å². The summed E-state index contributed by atoms with van der Waals surface area (Å²) in [6.45, 7) is 5.98. The lowest BCUT2D eigenvalue weighted by atomic mass is 10.1. The van der Waals surface area contributed by atoms with Crippen molar-refractivity contribution < 1.29 is 4.74 Å². The van der Waals surface area contributed by atoms with Gasteiger partial charge in [0.1, 0.15) is 5.75 Å². The van der Waals surface area contributed by atoms with Crippen LogP contribution in [0.4, 0.5) is 0 Å². The second-order valence-electron chi connectivity index (χ2n) is 4.84. The Bertz CT molecular complexity index is 346. The van der Waals surface area contributed by atoms with E-state index in [9.17, 15) is 0 Å². The SMILES string of the molecule is CCOc1cccc(CNC2CCCNCC2)c1. The fraction of sp³-hybridized carbons (Fsp3) is 0.600. The molecule has 1 saturated heterocycles. The van der Waals surface area contributed by atoms with Gasteiger partial charge >= 0.3 is 0 Å². The highest BCUT2D eigenvalue weighted by Gasteiger charge is 2.10. The summed E-state index contributed by atoms with van der Waals surface area (Å²) in [5.74, 6) is 0.972. The lowest BCUT2D eigenvalue weighted by Crippen LogP contribution is -2.29. The van der Waals surface area contributed by atoms with Gasteiger partial charge in [0.2, 0.25) is 0 Å². The quantitative estimate of drug-likeness (QED) is 0.839. The highest BCUT2D eigenvalue weighted by atomic mass is 16.5. The third-order valence-corrected chi connectivity index (χ3v) is 3.38. The van der Waals surface area contributed by atoms with Gasteiger partial charge < -0.3 is 15.4 Å². The summed E-state index contributed by atoms with van der Waals surface area (Å²) in [4.78, 5) is 0. The van der Waals surface area contributed by atoms with Crippen molar-refractivity contribution in [1.29, 1.82) is 0 Å². The number of rotatable bonds is 5. The molecule has 0 aliphatic carbocycles. The van der Waals surface area contributed by atoms with Gasteiger partial charge in [0.25, 0.3) is 0 Å². The molecule has 0 bridgehead atoms. The summed E-state index contributed by atoms with van der Waals surface area (Å²) in [7, 11) is 0. The lowest BCUT2D eigenvalue weighted by molar-refractivity contribution is 0.339. The van der Waals surface area contributed by atoms with Crippen LogP contribution in [0.15, 0.2) is 24.3 Å². The van der Waals surface area contributed by atoms with Gasteiger partial charge in [-0.3, -0.25) is 0 Å². The van der Waals surface area contributed by atoms with Crippen LogP contribution in [-0.4, -0.2) is 25.7 Å². The molecule has 1 aromatic carbocycles. The van der Waals surface area contributed by atoms with Gasteiger partial charge in [0.15, 0.2) is 0 Å². The Morgan fingerprint density at radius 1 is 1.33 bits per heavy atom. The van der Waals surface area contributed by atoms with Crippen molar-refractivity contribution in [2.45, 2.75) is 38.8 Å². The fourth-order valence-corrected chi connectivity index (χ4v) is 2.40. The first-order valence-corrected chi connectivity index (χ1v) is 7.04. The Balaban J connectivity index is 1.83. The maximum Gasteiger partial charge on any atom is 0.119 e. The van der Waals surface area contributed by atoms with E-state index in [2.05, 4.69) is 28.8 Å². The highest BCUT2D eigenvalue weighted by Crippen LogP contribution is 2.14. The Morgan fingerprint density at radius 3 is 3.17 bits per heavy atom. The second-order valence-corrected chi connectivity index (χ2v) is 4.84. The van der Waals surface area contributed by atoms with Crippen molar-refractivity contribution >= 4 is 0 Å². The standard InChI is InChI=1S/C15H24N2O/c1-2-18-15-7-3-5-13(11-15)12-17-14-6-4-9-16-10-8-14/h3,5,7,11,14,16-17H,2,4,6,8-10,12H2,1H3. The van der Waals surface area contributed by atoms with Gasteiger partial charge in [0.05, 0.1) is 6.61 Å². The smallest absolute Gasteiger partial charge is 0.119 e. The molecule has 1 atom stereocenters. The molecule has 0 amide bonds. The summed E-state index contributed by atoms with van der Waals surface area (Å²) < 4.78 is 5.52. The number of hydrogen-bond acceptors (Lipinski definition) is 3. The number of benzene rings is 1. The largest absolute Gasteiger partial charge is 0.494 e. The molecule has 3 nitrogen and oxygen atoms in total. The van der Waals surface area contributed by atoms with Gasteiger partial charge in [-0.05, 0) is 57.0 Å². The summed E-state index contributed by atoms with van der Waals surface area (Å²) in [5, 5.41) is 7.09.